The molecule has 0 radical (unpaired) electrons. The lowest BCUT2D eigenvalue weighted by atomic mass is 10.1. The fraction of sp³-hybridized carbons (Fsp3) is 0.400. The van der Waals surface area contributed by atoms with Crippen LogP contribution in [0.1, 0.15) is 38.2 Å². The summed E-state index contributed by atoms with van der Waals surface area (Å²) in [6, 6.07) is 10.6. The Morgan fingerprint density at radius 2 is 2.06 bits per heavy atom. The standard InChI is InChI=1S/C15H19Br/c1-2-3-12-15(16)13-8-7-11-14-9-5-4-6-10-14/h4-6,8-10H,2-3,7,11-12H2,1H3. The third-order valence-electron chi connectivity index (χ3n) is 2.43. The molecule has 0 unspecified atom stereocenters. The average Bonchev–Trinajstić information content (AvgIpc) is 2.33. The largest absolute Gasteiger partial charge is 0.114 e. The highest BCUT2D eigenvalue weighted by atomic mass is 79.9. The van der Waals surface area contributed by atoms with Crippen LogP contribution in [0.2, 0.25) is 0 Å². The van der Waals surface area contributed by atoms with E-state index in [1.165, 1.54) is 22.9 Å². The molecular formula is C15H19Br. The average molecular weight is 279 g/mol. The van der Waals surface area contributed by atoms with Crippen molar-refractivity contribution in [2.24, 2.45) is 0 Å². The van der Waals surface area contributed by atoms with Crippen molar-refractivity contribution in [2.45, 2.75) is 39.0 Å². The number of unbranched alkanes of at least 4 members (excludes halogenated alkanes) is 1. The highest BCUT2D eigenvalue weighted by Gasteiger charge is 1.89. The van der Waals surface area contributed by atoms with Gasteiger partial charge in [0.2, 0.25) is 0 Å². The Balaban J connectivity index is 2.32. The molecule has 0 atom stereocenters. The first-order chi connectivity index (χ1) is 7.83. The van der Waals surface area contributed by atoms with E-state index in [0.717, 1.165) is 19.3 Å². The molecule has 0 amide bonds. The van der Waals surface area contributed by atoms with E-state index < -0.39 is 0 Å². The smallest absolute Gasteiger partial charge is 0.0365 e. The van der Waals surface area contributed by atoms with Crippen molar-refractivity contribution in [3.05, 3.63) is 52.2 Å². The summed E-state index contributed by atoms with van der Waals surface area (Å²) >= 11 is 3.54. The van der Waals surface area contributed by atoms with Crippen LogP contribution in [0, 0.1) is 0 Å². The SMILES string of the molecule is CCCCC(Br)=C=CCCc1ccccc1. The lowest BCUT2D eigenvalue weighted by molar-refractivity contribution is 0.810. The summed E-state index contributed by atoms with van der Waals surface area (Å²) < 4.78 is 1.20. The lowest BCUT2D eigenvalue weighted by Crippen LogP contribution is -1.80. The second-order valence-corrected chi connectivity index (χ2v) is 4.84. The molecule has 0 nitrogen and oxygen atoms in total. The number of benzene rings is 1. The maximum absolute atomic E-state index is 3.54. The Hall–Kier alpha value is -0.780. The summed E-state index contributed by atoms with van der Waals surface area (Å²) in [6.07, 6.45) is 7.87. The van der Waals surface area contributed by atoms with Crippen molar-refractivity contribution in [2.75, 3.05) is 0 Å². The van der Waals surface area contributed by atoms with E-state index >= 15 is 0 Å². The van der Waals surface area contributed by atoms with Gasteiger partial charge in [-0.1, -0.05) is 43.7 Å². The minimum atomic E-state index is 1.06. The monoisotopic (exact) mass is 278 g/mol. The molecule has 0 aliphatic carbocycles. The van der Waals surface area contributed by atoms with Crippen LogP contribution in [-0.4, -0.2) is 0 Å². The van der Waals surface area contributed by atoms with Crippen molar-refractivity contribution in [1.82, 2.24) is 0 Å². The van der Waals surface area contributed by atoms with Gasteiger partial charge in [0.05, 0.1) is 0 Å². The van der Waals surface area contributed by atoms with Crippen molar-refractivity contribution >= 4 is 15.9 Å². The first-order valence-electron chi connectivity index (χ1n) is 5.96. The normalized spacial score (nSPS) is 9.62. The highest BCUT2D eigenvalue weighted by molar-refractivity contribution is 9.11. The van der Waals surface area contributed by atoms with Gasteiger partial charge in [-0.05, 0) is 53.3 Å². The fourth-order valence-electron chi connectivity index (χ4n) is 1.47. The predicted molar refractivity (Wildman–Crippen MR) is 74.8 cm³/mol. The van der Waals surface area contributed by atoms with Gasteiger partial charge in [0.25, 0.3) is 0 Å². The van der Waals surface area contributed by atoms with Crippen molar-refractivity contribution in [3.63, 3.8) is 0 Å². The zero-order chi connectivity index (χ0) is 11.6. The molecule has 0 spiro atoms. The number of allylic oxidation sites excluding steroid dienone is 1. The summed E-state index contributed by atoms with van der Waals surface area (Å²) in [6.45, 7) is 2.21. The predicted octanol–water partition coefficient (Wildman–Crippen LogP) is 5.24. The molecule has 0 aliphatic heterocycles. The number of hydrogen-bond donors (Lipinski definition) is 0. The van der Waals surface area contributed by atoms with Gasteiger partial charge in [0.1, 0.15) is 0 Å². The third kappa shape index (κ3) is 5.95. The number of hydrogen-bond acceptors (Lipinski definition) is 0. The van der Waals surface area contributed by atoms with Crippen molar-refractivity contribution in [1.29, 1.82) is 0 Å². The molecule has 0 N–H and O–H groups in total. The zero-order valence-electron chi connectivity index (χ0n) is 9.88. The van der Waals surface area contributed by atoms with Gasteiger partial charge in [-0.2, -0.15) is 0 Å². The van der Waals surface area contributed by atoms with Crippen LogP contribution >= 0.6 is 15.9 Å². The molecule has 1 aromatic rings. The molecule has 1 heteroatoms. The van der Waals surface area contributed by atoms with Gasteiger partial charge in [-0.3, -0.25) is 0 Å². The first-order valence-corrected chi connectivity index (χ1v) is 6.75. The van der Waals surface area contributed by atoms with Gasteiger partial charge in [0, 0.05) is 4.48 Å². The van der Waals surface area contributed by atoms with Crippen LogP contribution in [0.3, 0.4) is 0 Å². The summed E-state index contributed by atoms with van der Waals surface area (Å²) in [5, 5.41) is 0. The van der Waals surface area contributed by atoms with Crippen LogP contribution in [0.4, 0.5) is 0 Å². The summed E-state index contributed by atoms with van der Waals surface area (Å²) in [4.78, 5) is 0. The van der Waals surface area contributed by atoms with Gasteiger partial charge in [-0.15, -0.1) is 5.73 Å². The molecular weight excluding hydrogens is 260 g/mol. The Kier molecular flexibility index (Phi) is 6.96. The molecule has 0 bridgehead atoms. The highest BCUT2D eigenvalue weighted by Crippen LogP contribution is 2.12. The van der Waals surface area contributed by atoms with E-state index in [-0.39, 0.29) is 0 Å². The van der Waals surface area contributed by atoms with Gasteiger partial charge in [-0.25, -0.2) is 0 Å². The van der Waals surface area contributed by atoms with E-state index in [4.69, 9.17) is 0 Å². The van der Waals surface area contributed by atoms with E-state index in [2.05, 4.69) is 65.0 Å². The molecule has 1 aromatic carbocycles. The van der Waals surface area contributed by atoms with Crippen LogP contribution in [-0.2, 0) is 6.42 Å². The van der Waals surface area contributed by atoms with Crippen LogP contribution < -0.4 is 0 Å². The maximum atomic E-state index is 3.54. The van der Waals surface area contributed by atoms with E-state index in [1.54, 1.807) is 0 Å². The van der Waals surface area contributed by atoms with Crippen LogP contribution in [0.5, 0.6) is 0 Å². The van der Waals surface area contributed by atoms with Crippen molar-refractivity contribution < 1.29 is 0 Å². The molecule has 0 fully saturated rings. The molecule has 1 rings (SSSR count). The molecule has 0 saturated heterocycles. The summed E-state index contributed by atoms with van der Waals surface area (Å²) in [7, 11) is 0. The van der Waals surface area contributed by atoms with Crippen molar-refractivity contribution in [3.8, 4) is 0 Å². The van der Waals surface area contributed by atoms with E-state index in [9.17, 15) is 0 Å². The quantitative estimate of drug-likeness (QED) is 0.624. The van der Waals surface area contributed by atoms with Crippen LogP contribution in [0.15, 0.2) is 46.6 Å². The molecule has 0 heterocycles. The minimum Gasteiger partial charge on any atom is -0.114 e. The molecule has 86 valence electrons. The van der Waals surface area contributed by atoms with Gasteiger partial charge in [0.15, 0.2) is 0 Å². The Bertz CT molecular complexity index is 345. The zero-order valence-corrected chi connectivity index (χ0v) is 11.5. The summed E-state index contributed by atoms with van der Waals surface area (Å²) in [5.41, 5.74) is 4.69. The Morgan fingerprint density at radius 3 is 2.75 bits per heavy atom. The van der Waals surface area contributed by atoms with Gasteiger partial charge < -0.3 is 0 Å². The Labute approximate surface area is 107 Å². The molecule has 16 heavy (non-hydrogen) atoms. The number of halogens is 1. The second-order valence-electron chi connectivity index (χ2n) is 3.88. The minimum absolute atomic E-state index is 1.06. The van der Waals surface area contributed by atoms with E-state index in [0.29, 0.717) is 0 Å². The lowest BCUT2D eigenvalue weighted by Gasteiger charge is -1.95. The second kappa shape index (κ2) is 8.38. The number of aryl methyl sites for hydroxylation is 1. The summed E-state index contributed by atoms with van der Waals surface area (Å²) in [5.74, 6) is 0. The number of rotatable bonds is 6. The van der Waals surface area contributed by atoms with E-state index in [1.807, 2.05) is 0 Å². The molecule has 0 aromatic heterocycles. The molecule has 0 aliphatic rings. The fourth-order valence-corrected chi connectivity index (χ4v) is 1.91. The van der Waals surface area contributed by atoms with Gasteiger partial charge >= 0.3 is 0 Å². The van der Waals surface area contributed by atoms with Crippen LogP contribution in [0.25, 0.3) is 0 Å². The molecule has 0 saturated carbocycles. The third-order valence-corrected chi connectivity index (χ3v) is 3.05. The topological polar surface area (TPSA) is 0 Å². The first kappa shape index (κ1) is 13.3. The maximum Gasteiger partial charge on any atom is 0.0365 e. The Morgan fingerprint density at radius 1 is 1.31 bits per heavy atom.